The SMILES string of the molecule is CC[C@H](Oc1ccccc1F)C(=O)N(C)Cc1nc(-c2ccccc2Cl)no1. The molecule has 0 N–H and O–H groups in total. The van der Waals surface area contributed by atoms with Gasteiger partial charge in [0.25, 0.3) is 5.91 Å². The van der Waals surface area contributed by atoms with Gasteiger partial charge in [-0.2, -0.15) is 4.98 Å². The zero-order valence-electron chi connectivity index (χ0n) is 15.4. The Kier molecular flexibility index (Phi) is 6.26. The number of para-hydroxylation sites is 1. The summed E-state index contributed by atoms with van der Waals surface area (Å²) < 4.78 is 24.6. The number of aromatic nitrogens is 2. The molecule has 6 nitrogen and oxygen atoms in total. The first kappa shape index (κ1) is 19.8. The molecule has 0 unspecified atom stereocenters. The molecule has 28 heavy (non-hydrogen) atoms. The van der Waals surface area contributed by atoms with Crippen LogP contribution in [0.25, 0.3) is 11.4 Å². The van der Waals surface area contributed by atoms with Gasteiger partial charge in [0, 0.05) is 12.6 Å². The van der Waals surface area contributed by atoms with E-state index in [2.05, 4.69) is 10.1 Å². The van der Waals surface area contributed by atoms with Crippen molar-refractivity contribution in [2.75, 3.05) is 7.05 Å². The Labute approximate surface area is 166 Å². The maximum Gasteiger partial charge on any atom is 0.263 e. The van der Waals surface area contributed by atoms with E-state index in [4.69, 9.17) is 20.9 Å². The molecule has 1 amide bonds. The molecule has 0 radical (unpaired) electrons. The molecular weight excluding hydrogens is 385 g/mol. The summed E-state index contributed by atoms with van der Waals surface area (Å²) in [5.74, 6) is -0.196. The lowest BCUT2D eigenvalue weighted by atomic mass is 10.2. The van der Waals surface area contributed by atoms with Crippen molar-refractivity contribution in [1.29, 1.82) is 0 Å². The summed E-state index contributed by atoms with van der Waals surface area (Å²) in [5.41, 5.74) is 0.641. The number of rotatable bonds is 7. The van der Waals surface area contributed by atoms with Crippen LogP contribution in [0.3, 0.4) is 0 Å². The number of nitrogens with zero attached hydrogens (tertiary/aromatic N) is 3. The van der Waals surface area contributed by atoms with E-state index < -0.39 is 11.9 Å². The Hall–Kier alpha value is -2.93. The topological polar surface area (TPSA) is 68.5 Å². The van der Waals surface area contributed by atoms with Crippen molar-refractivity contribution >= 4 is 17.5 Å². The molecule has 0 bridgehead atoms. The van der Waals surface area contributed by atoms with Gasteiger partial charge in [0.15, 0.2) is 17.7 Å². The van der Waals surface area contributed by atoms with Crippen LogP contribution in [0, 0.1) is 5.82 Å². The maximum absolute atomic E-state index is 13.8. The lowest BCUT2D eigenvalue weighted by Gasteiger charge is -2.22. The molecule has 146 valence electrons. The van der Waals surface area contributed by atoms with E-state index in [0.717, 1.165) is 0 Å². The van der Waals surface area contributed by atoms with E-state index in [0.29, 0.717) is 22.8 Å². The van der Waals surface area contributed by atoms with Gasteiger partial charge in [0.2, 0.25) is 11.7 Å². The monoisotopic (exact) mass is 403 g/mol. The van der Waals surface area contributed by atoms with Crippen molar-refractivity contribution in [3.63, 3.8) is 0 Å². The van der Waals surface area contributed by atoms with Gasteiger partial charge < -0.3 is 14.2 Å². The van der Waals surface area contributed by atoms with E-state index in [-0.39, 0.29) is 24.1 Å². The molecule has 3 aromatic rings. The molecule has 8 heteroatoms. The van der Waals surface area contributed by atoms with E-state index in [9.17, 15) is 9.18 Å². The van der Waals surface area contributed by atoms with E-state index in [1.165, 1.54) is 17.0 Å². The summed E-state index contributed by atoms with van der Waals surface area (Å²) in [6.45, 7) is 1.88. The Bertz CT molecular complexity index is 963. The lowest BCUT2D eigenvalue weighted by Crippen LogP contribution is -2.39. The largest absolute Gasteiger partial charge is 0.478 e. The summed E-state index contributed by atoms with van der Waals surface area (Å²) >= 11 is 6.14. The first-order valence-corrected chi connectivity index (χ1v) is 9.11. The van der Waals surface area contributed by atoms with Gasteiger partial charge in [-0.1, -0.05) is 47.9 Å². The number of halogens is 2. The first-order valence-electron chi connectivity index (χ1n) is 8.73. The van der Waals surface area contributed by atoms with Crippen molar-refractivity contribution in [1.82, 2.24) is 15.0 Å². The average Bonchev–Trinajstić information content (AvgIpc) is 3.15. The third kappa shape index (κ3) is 4.48. The van der Waals surface area contributed by atoms with Gasteiger partial charge in [-0.25, -0.2) is 4.39 Å². The predicted octanol–water partition coefficient (Wildman–Crippen LogP) is 4.35. The molecule has 1 atom stereocenters. The predicted molar refractivity (Wildman–Crippen MR) is 102 cm³/mol. The quantitative estimate of drug-likeness (QED) is 0.586. The van der Waals surface area contributed by atoms with Gasteiger partial charge in [-0.15, -0.1) is 0 Å². The normalized spacial score (nSPS) is 11.9. The van der Waals surface area contributed by atoms with Crippen LogP contribution >= 0.6 is 11.6 Å². The van der Waals surface area contributed by atoms with Crippen molar-refractivity contribution in [3.05, 3.63) is 65.3 Å². The van der Waals surface area contributed by atoms with Crippen LogP contribution in [0.2, 0.25) is 5.02 Å². The van der Waals surface area contributed by atoms with E-state index in [1.54, 1.807) is 44.3 Å². The van der Waals surface area contributed by atoms with E-state index in [1.807, 2.05) is 6.07 Å². The molecule has 0 spiro atoms. The minimum absolute atomic E-state index is 0.0369. The van der Waals surface area contributed by atoms with Crippen LogP contribution in [0.1, 0.15) is 19.2 Å². The number of hydrogen-bond donors (Lipinski definition) is 0. The molecule has 0 aliphatic heterocycles. The Morgan fingerprint density at radius 2 is 1.96 bits per heavy atom. The number of carbonyl (C=O) groups is 1. The number of benzene rings is 2. The average molecular weight is 404 g/mol. The number of amides is 1. The molecular formula is C20H19ClFN3O3. The van der Waals surface area contributed by atoms with Crippen LogP contribution in [0.5, 0.6) is 5.75 Å². The van der Waals surface area contributed by atoms with Crippen molar-refractivity contribution in [2.45, 2.75) is 26.0 Å². The summed E-state index contributed by atoms with van der Waals surface area (Å²) in [6, 6.07) is 13.1. The second-order valence-electron chi connectivity index (χ2n) is 6.13. The summed E-state index contributed by atoms with van der Waals surface area (Å²) in [7, 11) is 1.59. The molecule has 0 saturated heterocycles. The fraction of sp³-hybridized carbons (Fsp3) is 0.250. The van der Waals surface area contributed by atoms with Crippen molar-refractivity contribution < 1.29 is 18.4 Å². The maximum atomic E-state index is 13.8. The standard InChI is InChI=1S/C20H19ClFN3O3/c1-3-16(27-17-11-7-6-10-15(17)22)20(26)25(2)12-18-23-19(24-28-18)13-8-4-5-9-14(13)21/h4-11,16H,3,12H2,1-2H3/t16-/m0/s1. The highest BCUT2D eigenvalue weighted by molar-refractivity contribution is 6.33. The summed E-state index contributed by atoms with van der Waals surface area (Å²) in [5, 5.41) is 4.42. The van der Waals surface area contributed by atoms with Crippen molar-refractivity contribution in [3.8, 4) is 17.1 Å². The summed E-state index contributed by atoms with van der Waals surface area (Å²) in [6.07, 6.45) is -0.445. The van der Waals surface area contributed by atoms with Crippen LogP contribution in [0.4, 0.5) is 4.39 Å². The first-order chi connectivity index (χ1) is 13.5. The highest BCUT2D eigenvalue weighted by Gasteiger charge is 2.25. The molecule has 3 rings (SSSR count). The van der Waals surface area contributed by atoms with Crippen molar-refractivity contribution in [2.24, 2.45) is 0 Å². The molecule has 0 aliphatic rings. The zero-order chi connectivity index (χ0) is 20.1. The fourth-order valence-electron chi connectivity index (χ4n) is 2.60. The minimum atomic E-state index is -0.826. The van der Waals surface area contributed by atoms with Gasteiger partial charge >= 0.3 is 0 Å². The highest BCUT2D eigenvalue weighted by atomic mass is 35.5. The molecule has 0 saturated carbocycles. The molecule has 0 fully saturated rings. The smallest absolute Gasteiger partial charge is 0.263 e. The second kappa shape index (κ2) is 8.84. The molecule has 1 aromatic heterocycles. The van der Waals surface area contributed by atoms with E-state index >= 15 is 0 Å². The molecule has 2 aromatic carbocycles. The number of ether oxygens (including phenoxy) is 1. The van der Waals surface area contributed by atoms with Gasteiger partial charge in [0.05, 0.1) is 11.6 Å². The van der Waals surface area contributed by atoms with Gasteiger partial charge in [-0.3, -0.25) is 4.79 Å². The summed E-state index contributed by atoms with van der Waals surface area (Å²) in [4.78, 5) is 18.4. The second-order valence-corrected chi connectivity index (χ2v) is 6.54. The number of likely N-dealkylation sites (N-methyl/N-ethyl adjacent to an activating group) is 1. The molecule has 1 heterocycles. The van der Waals surface area contributed by atoms with Gasteiger partial charge in [-0.05, 0) is 30.7 Å². The zero-order valence-corrected chi connectivity index (χ0v) is 16.2. The minimum Gasteiger partial charge on any atom is -0.478 e. The van der Waals surface area contributed by atoms with Crippen LogP contribution < -0.4 is 4.74 Å². The Morgan fingerprint density at radius 1 is 1.25 bits per heavy atom. The fourth-order valence-corrected chi connectivity index (χ4v) is 2.82. The third-order valence-corrected chi connectivity index (χ3v) is 4.41. The number of carbonyl (C=O) groups excluding carboxylic acids is 1. The third-order valence-electron chi connectivity index (χ3n) is 4.08. The van der Waals surface area contributed by atoms with Crippen LogP contribution in [0.15, 0.2) is 53.1 Å². The Balaban J connectivity index is 1.68. The Morgan fingerprint density at radius 3 is 2.68 bits per heavy atom. The highest BCUT2D eigenvalue weighted by Crippen LogP contribution is 2.25. The van der Waals surface area contributed by atoms with Crippen LogP contribution in [-0.2, 0) is 11.3 Å². The lowest BCUT2D eigenvalue weighted by molar-refractivity contribution is -0.138. The van der Waals surface area contributed by atoms with Gasteiger partial charge in [0.1, 0.15) is 0 Å². The molecule has 0 aliphatic carbocycles. The van der Waals surface area contributed by atoms with Crippen LogP contribution in [-0.4, -0.2) is 34.1 Å². The number of hydrogen-bond acceptors (Lipinski definition) is 5.